The number of hydrogen-bond acceptors (Lipinski definition) is 11. The van der Waals surface area contributed by atoms with Gasteiger partial charge < -0.3 is 64.3 Å². The van der Waals surface area contributed by atoms with E-state index >= 15 is 0 Å². The summed E-state index contributed by atoms with van der Waals surface area (Å²) in [5, 5.41) is 35.5. The van der Waals surface area contributed by atoms with Crippen LogP contribution in [0, 0.1) is 11.8 Å². The minimum absolute atomic E-state index is 0.0407. The lowest BCUT2D eigenvalue weighted by Crippen LogP contribution is -2.62. The third kappa shape index (κ3) is 15.9. The summed E-state index contributed by atoms with van der Waals surface area (Å²) in [5.41, 5.74) is 17.2. The molecule has 0 saturated carbocycles. The van der Waals surface area contributed by atoms with E-state index in [1.54, 1.807) is 63.4 Å². The number of fused-ring (bicyclic) bond motifs is 1. The van der Waals surface area contributed by atoms with Crippen LogP contribution in [-0.4, -0.2) is 110 Å². The predicted octanol–water partition coefficient (Wildman–Crippen LogP) is -0.377. The highest BCUT2D eigenvalue weighted by Gasteiger charge is 2.37. The largest absolute Gasteiger partial charge is 0.508 e. The fraction of sp³-hybridized carbons (Fsp3) is 0.489. The average Bonchev–Trinajstić information content (AvgIpc) is 3.66. The van der Waals surface area contributed by atoms with Crippen LogP contribution in [0.5, 0.6) is 5.75 Å². The molecule has 0 bridgehead atoms. The molecule has 15 N–H and O–H groups in total. The van der Waals surface area contributed by atoms with Crippen molar-refractivity contribution in [3.05, 3.63) is 65.9 Å². The molecule has 8 amide bonds. The van der Waals surface area contributed by atoms with Gasteiger partial charge in [0.1, 0.15) is 42.0 Å². The number of hydrogen-bond donors (Lipinski definition) is 12. The van der Waals surface area contributed by atoms with Crippen molar-refractivity contribution >= 4 is 64.1 Å². The number of H-pyrrole nitrogens is 1. The number of para-hydroxylation sites is 1. The standard InChI is InChI=1S/C45H64N10O11/c1-7-23(3)36(38(47)60)54-42(64)31(19-25-13-15-27(56)16-14-25)52-43(65)37(24(4)8-2)55-39(61)30(17-18-34(46)57)50-40(62)32(20-26-22-49-29-12-10-9-11-28(26)29)51-41(63)33(21-35(58)59)53-44(66)45(5,6)48/h9-16,22-24,30-33,36-37,49,56H,7-8,17-21,48H2,1-6H3,(H2,46,57)(H2,47,60)(H,50,62)(H,51,63)(H,52,65)(H,53,66)(H,54,64)(H,55,61)(H,58,59)/t23-,24-,30-,31-,32-,33-,36-,37-/m0/s1. The second-order valence-electron chi connectivity index (χ2n) is 17.1. The van der Waals surface area contributed by atoms with Crippen molar-refractivity contribution in [2.24, 2.45) is 29.0 Å². The highest BCUT2D eigenvalue weighted by molar-refractivity contribution is 5.99. The monoisotopic (exact) mass is 920 g/mol. The summed E-state index contributed by atoms with van der Waals surface area (Å²) >= 11 is 0. The van der Waals surface area contributed by atoms with Crippen LogP contribution in [0.15, 0.2) is 54.7 Å². The molecule has 66 heavy (non-hydrogen) atoms. The molecule has 0 radical (unpaired) electrons. The zero-order valence-electron chi connectivity index (χ0n) is 38.1. The van der Waals surface area contributed by atoms with Crippen molar-refractivity contribution in [2.45, 2.75) is 128 Å². The topological polar surface area (TPSA) is 360 Å². The van der Waals surface area contributed by atoms with Gasteiger partial charge in [-0.2, -0.15) is 0 Å². The summed E-state index contributed by atoms with van der Waals surface area (Å²) in [6.45, 7) is 9.64. The number of carbonyl (C=O) groups is 9. The number of carbonyl (C=O) groups excluding carboxylic acids is 8. The predicted molar refractivity (Wildman–Crippen MR) is 242 cm³/mol. The second kappa shape index (κ2) is 24.3. The normalized spacial score (nSPS) is 15.0. The Labute approximate surface area is 382 Å². The lowest BCUT2D eigenvalue weighted by Gasteiger charge is -2.30. The number of aromatic hydroxyl groups is 1. The third-order valence-corrected chi connectivity index (χ3v) is 11.2. The minimum Gasteiger partial charge on any atom is -0.508 e. The Kier molecular flexibility index (Phi) is 19.6. The van der Waals surface area contributed by atoms with Gasteiger partial charge in [0.05, 0.1) is 12.0 Å². The van der Waals surface area contributed by atoms with Crippen molar-refractivity contribution in [1.29, 1.82) is 0 Å². The molecule has 1 aromatic heterocycles. The van der Waals surface area contributed by atoms with Crippen LogP contribution in [0.1, 0.15) is 84.8 Å². The molecule has 1 heterocycles. The van der Waals surface area contributed by atoms with Crippen molar-refractivity contribution in [3.8, 4) is 5.75 Å². The molecule has 3 aromatic rings. The third-order valence-electron chi connectivity index (χ3n) is 11.2. The molecule has 21 nitrogen and oxygen atoms in total. The molecule has 0 aliphatic rings. The highest BCUT2D eigenvalue weighted by atomic mass is 16.4. The number of aromatic amines is 1. The number of primary amides is 2. The van der Waals surface area contributed by atoms with Crippen molar-refractivity contribution < 1.29 is 53.4 Å². The molecule has 0 aliphatic heterocycles. The molecular weight excluding hydrogens is 857 g/mol. The van der Waals surface area contributed by atoms with Gasteiger partial charge in [0.2, 0.25) is 47.3 Å². The van der Waals surface area contributed by atoms with E-state index in [0.29, 0.717) is 34.9 Å². The summed E-state index contributed by atoms with van der Waals surface area (Å²) in [4.78, 5) is 122. The molecule has 0 spiro atoms. The summed E-state index contributed by atoms with van der Waals surface area (Å²) in [7, 11) is 0. The average molecular weight is 921 g/mol. The molecule has 8 atom stereocenters. The quantitative estimate of drug-likeness (QED) is 0.0491. The maximum absolute atomic E-state index is 14.3. The van der Waals surface area contributed by atoms with Gasteiger partial charge in [-0.1, -0.05) is 70.9 Å². The van der Waals surface area contributed by atoms with Gasteiger partial charge in [0.15, 0.2) is 0 Å². The number of nitrogens with one attached hydrogen (secondary N) is 7. The lowest BCUT2D eigenvalue weighted by atomic mass is 9.95. The molecule has 0 saturated heterocycles. The van der Waals surface area contributed by atoms with Crippen LogP contribution >= 0.6 is 0 Å². The van der Waals surface area contributed by atoms with Crippen molar-refractivity contribution in [3.63, 3.8) is 0 Å². The molecule has 3 rings (SSSR count). The second-order valence-corrected chi connectivity index (χ2v) is 17.1. The number of benzene rings is 2. The first-order valence-corrected chi connectivity index (χ1v) is 21.7. The van der Waals surface area contributed by atoms with Crippen LogP contribution in [0.25, 0.3) is 10.9 Å². The van der Waals surface area contributed by atoms with E-state index < -0.39 is 114 Å². The number of amides is 8. The van der Waals surface area contributed by atoms with Gasteiger partial charge in [-0.15, -0.1) is 0 Å². The molecule has 0 unspecified atom stereocenters. The Morgan fingerprint density at radius 3 is 1.76 bits per heavy atom. The van der Waals surface area contributed by atoms with Crippen LogP contribution in [0.3, 0.4) is 0 Å². The van der Waals surface area contributed by atoms with E-state index in [0.717, 1.165) is 0 Å². The smallest absolute Gasteiger partial charge is 0.305 e. The highest BCUT2D eigenvalue weighted by Crippen LogP contribution is 2.20. The summed E-state index contributed by atoms with van der Waals surface area (Å²) < 4.78 is 0. The first-order chi connectivity index (χ1) is 30.9. The number of aliphatic carboxylic acids is 1. The van der Waals surface area contributed by atoms with E-state index in [1.807, 2.05) is 6.92 Å². The fourth-order valence-corrected chi connectivity index (χ4v) is 6.84. The minimum atomic E-state index is -1.68. The Hall–Kier alpha value is -7.03. The number of aromatic nitrogens is 1. The lowest BCUT2D eigenvalue weighted by molar-refractivity contribution is -0.141. The Balaban J connectivity index is 1.99. The number of phenolic OH excluding ortho intramolecular Hbond substituents is 1. The van der Waals surface area contributed by atoms with E-state index in [-0.39, 0.29) is 30.9 Å². The zero-order valence-corrected chi connectivity index (χ0v) is 38.1. The molecule has 21 heteroatoms. The van der Waals surface area contributed by atoms with Gasteiger partial charge in [-0.05, 0) is 61.4 Å². The number of carboxylic acid groups (broad SMARTS) is 1. The van der Waals surface area contributed by atoms with E-state index in [4.69, 9.17) is 17.2 Å². The van der Waals surface area contributed by atoms with Gasteiger partial charge in [-0.3, -0.25) is 43.2 Å². The maximum Gasteiger partial charge on any atom is 0.305 e. The Morgan fingerprint density at radius 1 is 0.667 bits per heavy atom. The van der Waals surface area contributed by atoms with Gasteiger partial charge in [0, 0.05) is 36.4 Å². The van der Waals surface area contributed by atoms with E-state index in [1.165, 1.54) is 26.0 Å². The zero-order chi connectivity index (χ0) is 49.5. The summed E-state index contributed by atoms with van der Waals surface area (Å²) in [6, 6.07) is 4.44. The Bertz CT molecular complexity index is 2220. The van der Waals surface area contributed by atoms with Crippen LogP contribution in [-0.2, 0) is 56.0 Å². The van der Waals surface area contributed by atoms with Crippen LogP contribution < -0.4 is 49.1 Å². The molecule has 2 aromatic carbocycles. The Morgan fingerprint density at radius 2 is 1.18 bits per heavy atom. The van der Waals surface area contributed by atoms with E-state index in [2.05, 4.69) is 36.9 Å². The molecule has 360 valence electrons. The maximum atomic E-state index is 14.3. The fourth-order valence-electron chi connectivity index (χ4n) is 6.84. The van der Waals surface area contributed by atoms with Crippen molar-refractivity contribution in [2.75, 3.05) is 0 Å². The SMILES string of the molecule is CC[C@H](C)[C@H](NC(=O)[C@H](Cc1ccc(O)cc1)NC(=O)[C@@H](NC(=O)[C@H](CCC(N)=O)NC(=O)[C@H](Cc1c[nH]c2ccccc12)NC(=O)[C@H](CC(=O)O)NC(=O)C(C)(C)N)[C@@H](C)CC)C(N)=O. The number of phenols is 1. The molecular formula is C45H64N10O11. The first-order valence-electron chi connectivity index (χ1n) is 21.7. The van der Waals surface area contributed by atoms with Gasteiger partial charge >= 0.3 is 5.97 Å². The van der Waals surface area contributed by atoms with Crippen LogP contribution in [0.4, 0.5) is 0 Å². The van der Waals surface area contributed by atoms with E-state index in [9.17, 15) is 53.4 Å². The number of nitrogens with two attached hydrogens (primary N) is 3. The molecule has 0 fully saturated rings. The first kappa shape index (κ1) is 53.3. The van der Waals surface area contributed by atoms with Crippen LogP contribution in [0.2, 0.25) is 0 Å². The number of rotatable bonds is 26. The van der Waals surface area contributed by atoms with Gasteiger partial charge in [0.25, 0.3) is 0 Å². The van der Waals surface area contributed by atoms with Crippen molar-refractivity contribution in [1.82, 2.24) is 36.9 Å². The van der Waals surface area contributed by atoms with Gasteiger partial charge in [-0.25, -0.2) is 0 Å². The number of carboxylic acids is 1. The summed E-state index contributed by atoms with van der Waals surface area (Å²) in [5.74, 6) is -9.41. The molecule has 0 aliphatic carbocycles. The summed E-state index contributed by atoms with van der Waals surface area (Å²) in [6.07, 6.45) is 0.456.